The number of hydrogen-bond donors (Lipinski definition) is 3. The minimum Gasteiger partial charge on any atom is -0.492 e. The summed E-state index contributed by atoms with van der Waals surface area (Å²) >= 11 is 0. The Balaban J connectivity index is 1.64. The van der Waals surface area contributed by atoms with E-state index in [1.54, 1.807) is 36.1 Å². The lowest BCUT2D eigenvalue weighted by Gasteiger charge is -2.50. The molecule has 30 heavy (non-hydrogen) atoms. The molecular formula is C20H31N3O6S. The van der Waals surface area contributed by atoms with Crippen LogP contribution in [0.5, 0.6) is 5.75 Å². The summed E-state index contributed by atoms with van der Waals surface area (Å²) in [5.74, 6) is 0.518. The Morgan fingerprint density at radius 1 is 1.40 bits per heavy atom. The van der Waals surface area contributed by atoms with Gasteiger partial charge in [-0.2, -0.15) is 0 Å². The van der Waals surface area contributed by atoms with Gasteiger partial charge >= 0.3 is 0 Å². The molecule has 0 bridgehead atoms. The minimum absolute atomic E-state index is 0.0364. The number of aliphatic hydroxyl groups is 1. The summed E-state index contributed by atoms with van der Waals surface area (Å²) in [4.78, 5) is 14.7. The van der Waals surface area contributed by atoms with Gasteiger partial charge in [0, 0.05) is 25.2 Å². The van der Waals surface area contributed by atoms with Gasteiger partial charge in [-0.05, 0) is 44.4 Å². The SMILES string of the molecule is C[C@]1(O)COC2(CCN(C(=O)c3cccc(OCCN)c3)CC2)C[C@@H]1NS(C)(=O)=O. The quantitative estimate of drug-likeness (QED) is 0.570. The molecule has 9 nitrogen and oxygen atoms in total. The Labute approximate surface area is 177 Å². The number of piperidine rings is 1. The molecule has 168 valence electrons. The van der Waals surface area contributed by atoms with Crippen molar-refractivity contribution in [3.8, 4) is 5.75 Å². The first kappa shape index (κ1) is 23.0. The largest absolute Gasteiger partial charge is 0.492 e. The summed E-state index contributed by atoms with van der Waals surface area (Å²) in [5, 5.41) is 10.6. The molecule has 0 aromatic heterocycles. The minimum atomic E-state index is -3.47. The molecule has 0 saturated carbocycles. The van der Waals surface area contributed by atoms with Crippen molar-refractivity contribution in [2.24, 2.45) is 5.73 Å². The van der Waals surface area contributed by atoms with Crippen LogP contribution in [0, 0.1) is 0 Å². The van der Waals surface area contributed by atoms with Crippen LogP contribution >= 0.6 is 0 Å². The molecule has 2 aliphatic heterocycles. The van der Waals surface area contributed by atoms with Crippen molar-refractivity contribution < 1.29 is 27.8 Å². The van der Waals surface area contributed by atoms with Crippen molar-refractivity contribution in [2.45, 2.75) is 43.4 Å². The van der Waals surface area contributed by atoms with Gasteiger partial charge in [0.05, 0.1) is 24.5 Å². The van der Waals surface area contributed by atoms with Crippen LogP contribution in [-0.4, -0.2) is 80.7 Å². The van der Waals surface area contributed by atoms with Gasteiger partial charge in [-0.25, -0.2) is 13.1 Å². The predicted octanol–water partition coefficient (Wildman–Crippen LogP) is 0.0880. The molecule has 2 fully saturated rings. The summed E-state index contributed by atoms with van der Waals surface area (Å²) < 4.78 is 37.5. The number of nitrogens with zero attached hydrogens (tertiary/aromatic N) is 1. The fourth-order valence-electron chi connectivity index (χ4n) is 4.02. The average molecular weight is 442 g/mol. The molecule has 10 heteroatoms. The second-order valence-corrected chi connectivity index (χ2v) is 10.2. The molecule has 3 rings (SSSR count). The van der Waals surface area contributed by atoms with E-state index in [4.69, 9.17) is 15.2 Å². The first-order valence-corrected chi connectivity index (χ1v) is 12.0. The number of nitrogens with two attached hydrogens (primary N) is 1. The molecule has 0 unspecified atom stereocenters. The lowest BCUT2D eigenvalue weighted by atomic mass is 9.78. The molecule has 2 saturated heterocycles. The van der Waals surface area contributed by atoms with E-state index in [0.717, 1.165) is 6.26 Å². The number of hydrogen-bond acceptors (Lipinski definition) is 7. The second kappa shape index (κ2) is 8.80. The van der Waals surface area contributed by atoms with Crippen LogP contribution in [-0.2, 0) is 14.8 Å². The smallest absolute Gasteiger partial charge is 0.253 e. The maximum Gasteiger partial charge on any atom is 0.253 e. The van der Waals surface area contributed by atoms with Crippen molar-refractivity contribution in [2.75, 3.05) is 39.1 Å². The van der Waals surface area contributed by atoms with Gasteiger partial charge in [0.1, 0.15) is 18.0 Å². The van der Waals surface area contributed by atoms with E-state index in [0.29, 0.717) is 56.8 Å². The summed E-state index contributed by atoms with van der Waals surface area (Å²) in [6.07, 6.45) is 2.58. The zero-order chi connectivity index (χ0) is 22.0. The fourth-order valence-corrected chi connectivity index (χ4v) is 4.88. The van der Waals surface area contributed by atoms with Crippen LogP contribution in [0.2, 0.25) is 0 Å². The maximum absolute atomic E-state index is 12.9. The van der Waals surface area contributed by atoms with Gasteiger partial charge in [0.2, 0.25) is 10.0 Å². The maximum atomic E-state index is 12.9. The highest BCUT2D eigenvalue weighted by molar-refractivity contribution is 7.88. The number of rotatable bonds is 6. The molecular weight excluding hydrogens is 410 g/mol. The topological polar surface area (TPSA) is 131 Å². The third-order valence-corrected chi connectivity index (χ3v) is 6.50. The number of sulfonamides is 1. The van der Waals surface area contributed by atoms with E-state index >= 15 is 0 Å². The number of amides is 1. The summed E-state index contributed by atoms with van der Waals surface area (Å²) in [7, 11) is -3.47. The highest BCUT2D eigenvalue weighted by Gasteiger charge is 2.49. The van der Waals surface area contributed by atoms with Gasteiger partial charge in [0.15, 0.2) is 0 Å². The Bertz CT molecular complexity index is 865. The van der Waals surface area contributed by atoms with E-state index in [1.165, 1.54) is 0 Å². The van der Waals surface area contributed by atoms with E-state index in [9.17, 15) is 18.3 Å². The first-order chi connectivity index (χ1) is 14.0. The zero-order valence-electron chi connectivity index (χ0n) is 17.5. The van der Waals surface area contributed by atoms with Crippen molar-refractivity contribution in [1.29, 1.82) is 0 Å². The highest BCUT2D eigenvalue weighted by atomic mass is 32.2. The number of carbonyl (C=O) groups is 1. The summed E-state index contributed by atoms with van der Waals surface area (Å²) in [5.41, 5.74) is 4.15. The van der Waals surface area contributed by atoms with Crippen LogP contribution in [0.1, 0.15) is 36.5 Å². The number of benzene rings is 1. The van der Waals surface area contributed by atoms with E-state index in [-0.39, 0.29) is 12.5 Å². The third kappa shape index (κ3) is 5.50. The van der Waals surface area contributed by atoms with Crippen molar-refractivity contribution in [3.63, 3.8) is 0 Å². The Morgan fingerprint density at radius 2 is 2.10 bits per heavy atom. The van der Waals surface area contributed by atoms with Crippen LogP contribution < -0.4 is 15.2 Å². The molecule has 1 aromatic carbocycles. The van der Waals surface area contributed by atoms with Gasteiger partial charge in [-0.15, -0.1) is 0 Å². The van der Waals surface area contributed by atoms with Crippen molar-refractivity contribution in [3.05, 3.63) is 29.8 Å². The molecule has 1 spiro atoms. The standard InChI is InChI=1S/C20H31N3O6S/c1-19(25)14-29-20(13-17(19)22-30(2,26)27)6-9-23(10-7-20)18(24)15-4-3-5-16(12-15)28-11-8-21/h3-5,12,17,22,25H,6-11,13-14,21H2,1-2H3/t17-,19-/m0/s1. The van der Waals surface area contributed by atoms with E-state index in [1.807, 2.05) is 0 Å². The van der Waals surface area contributed by atoms with Crippen LogP contribution in [0.25, 0.3) is 0 Å². The molecule has 0 radical (unpaired) electrons. The number of likely N-dealkylation sites (tertiary alicyclic amines) is 1. The summed E-state index contributed by atoms with van der Waals surface area (Å²) in [6, 6.07) is 6.39. The normalized spacial score (nSPS) is 26.5. The van der Waals surface area contributed by atoms with Crippen LogP contribution in [0.15, 0.2) is 24.3 Å². The molecule has 1 aromatic rings. The first-order valence-electron chi connectivity index (χ1n) is 10.1. The highest BCUT2D eigenvalue weighted by Crippen LogP contribution is 2.38. The molecule has 2 atom stereocenters. The summed E-state index contributed by atoms with van der Waals surface area (Å²) in [6.45, 7) is 3.36. The Hall–Kier alpha value is -1.72. The second-order valence-electron chi connectivity index (χ2n) is 8.43. The predicted molar refractivity (Wildman–Crippen MR) is 112 cm³/mol. The van der Waals surface area contributed by atoms with E-state index < -0.39 is 27.3 Å². The van der Waals surface area contributed by atoms with Crippen LogP contribution in [0.3, 0.4) is 0 Å². The zero-order valence-corrected chi connectivity index (χ0v) is 18.3. The van der Waals surface area contributed by atoms with E-state index in [2.05, 4.69) is 4.72 Å². The average Bonchev–Trinajstić information content (AvgIpc) is 2.69. The molecule has 2 aliphatic rings. The number of nitrogens with one attached hydrogen (secondary N) is 1. The van der Waals surface area contributed by atoms with Gasteiger partial charge in [0.25, 0.3) is 5.91 Å². The lowest BCUT2D eigenvalue weighted by molar-refractivity contribution is -0.187. The van der Waals surface area contributed by atoms with Gasteiger partial charge < -0.3 is 25.2 Å². The Morgan fingerprint density at radius 3 is 2.73 bits per heavy atom. The fraction of sp³-hybridized carbons (Fsp3) is 0.650. The van der Waals surface area contributed by atoms with Gasteiger partial charge in [-0.1, -0.05) is 6.07 Å². The molecule has 1 amide bonds. The number of carbonyl (C=O) groups excluding carboxylic acids is 1. The molecule has 4 N–H and O–H groups in total. The van der Waals surface area contributed by atoms with Crippen molar-refractivity contribution in [1.82, 2.24) is 9.62 Å². The lowest BCUT2D eigenvalue weighted by Crippen LogP contribution is -2.64. The Kier molecular flexibility index (Phi) is 6.73. The number of ether oxygens (including phenoxy) is 2. The van der Waals surface area contributed by atoms with Crippen LogP contribution in [0.4, 0.5) is 0 Å². The monoisotopic (exact) mass is 441 g/mol. The molecule has 2 heterocycles. The van der Waals surface area contributed by atoms with Crippen molar-refractivity contribution >= 4 is 15.9 Å². The van der Waals surface area contributed by atoms with Gasteiger partial charge in [-0.3, -0.25) is 4.79 Å². The third-order valence-electron chi connectivity index (χ3n) is 5.78. The molecule has 0 aliphatic carbocycles.